The fourth-order valence-corrected chi connectivity index (χ4v) is 3.34. The van der Waals surface area contributed by atoms with Crippen molar-refractivity contribution in [2.24, 2.45) is 0 Å². The van der Waals surface area contributed by atoms with Gasteiger partial charge in [-0.1, -0.05) is 26.0 Å². The maximum atomic E-state index is 12.6. The molecule has 0 fully saturated rings. The van der Waals surface area contributed by atoms with Crippen LogP contribution in [0.4, 0.5) is 5.69 Å². The third kappa shape index (κ3) is 3.34. The summed E-state index contributed by atoms with van der Waals surface area (Å²) < 4.78 is 10.6. The molecule has 0 atom stereocenters. The number of fused-ring (bicyclic) bond motifs is 2. The van der Waals surface area contributed by atoms with Crippen molar-refractivity contribution >= 4 is 22.6 Å². The summed E-state index contributed by atoms with van der Waals surface area (Å²) in [5, 5.41) is 12.0. The molecule has 0 unspecified atom stereocenters. The van der Waals surface area contributed by atoms with Crippen LogP contribution in [0.2, 0.25) is 0 Å². The van der Waals surface area contributed by atoms with Gasteiger partial charge in [0.25, 0.3) is 5.91 Å². The summed E-state index contributed by atoms with van der Waals surface area (Å²) in [6, 6.07) is 18.8. The first-order valence-corrected chi connectivity index (χ1v) is 9.75. The van der Waals surface area contributed by atoms with Crippen LogP contribution in [0.25, 0.3) is 16.7 Å². The van der Waals surface area contributed by atoms with Gasteiger partial charge in [0, 0.05) is 11.3 Å². The number of carbonyl (C=O) groups is 1. The molecule has 30 heavy (non-hydrogen) atoms. The number of carbonyl (C=O) groups excluding carboxylic acids is 1. The van der Waals surface area contributed by atoms with Crippen molar-refractivity contribution in [3.63, 3.8) is 0 Å². The third-order valence-corrected chi connectivity index (χ3v) is 5.06. The van der Waals surface area contributed by atoms with Crippen molar-refractivity contribution in [2.45, 2.75) is 19.8 Å². The van der Waals surface area contributed by atoms with Crippen LogP contribution in [0.15, 0.2) is 60.7 Å². The van der Waals surface area contributed by atoms with Crippen molar-refractivity contribution in [1.82, 2.24) is 15.0 Å². The first kappa shape index (κ1) is 18.2. The average molecular weight is 400 g/mol. The largest absolute Gasteiger partial charge is 0.454 e. The summed E-state index contributed by atoms with van der Waals surface area (Å²) >= 11 is 0. The Morgan fingerprint density at radius 3 is 2.50 bits per heavy atom. The average Bonchev–Trinajstić information content (AvgIpc) is 3.39. The molecule has 0 saturated carbocycles. The molecule has 1 amide bonds. The van der Waals surface area contributed by atoms with E-state index in [0.29, 0.717) is 34.2 Å². The van der Waals surface area contributed by atoms with Crippen molar-refractivity contribution in [3.05, 3.63) is 71.8 Å². The molecule has 7 heteroatoms. The van der Waals surface area contributed by atoms with Crippen LogP contribution >= 0.6 is 0 Å². The zero-order chi connectivity index (χ0) is 20.7. The van der Waals surface area contributed by atoms with Gasteiger partial charge in [-0.05, 0) is 60.0 Å². The second kappa shape index (κ2) is 7.18. The molecular formula is C23H20N4O3. The lowest BCUT2D eigenvalue weighted by molar-refractivity contribution is 0.102. The van der Waals surface area contributed by atoms with Crippen LogP contribution in [-0.4, -0.2) is 27.7 Å². The number of amides is 1. The Morgan fingerprint density at radius 2 is 1.70 bits per heavy atom. The van der Waals surface area contributed by atoms with Gasteiger partial charge >= 0.3 is 0 Å². The van der Waals surface area contributed by atoms with Crippen molar-refractivity contribution in [3.8, 4) is 17.2 Å². The molecule has 2 heterocycles. The van der Waals surface area contributed by atoms with E-state index >= 15 is 0 Å². The summed E-state index contributed by atoms with van der Waals surface area (Å²) in [5.74, 6) is 1.46. The first-order valence-electron chi connectivity index (χ1n) is 9.75. The summed E-state index contributed by atoms with van der Waals surface area (Å²) in [6.07, 6.45) is 0. The second-order valence-electron chi connectivity index (χ2n) is 7.46. The number of ether oxygens (including phenoxy) is 2. The van der Waals surface area contributed by atoms with E-state index in [1.165, 1.54) is 5.56 Å². The molecular weight excluding hydrogens is 380 g/mol. The normalized spacial score (nSPS) is 12.5. The van der Waals surface area contributed by atoms with Gasteiger partial charge in [0.15, 0.2) is 11.5 Å². The van der Waals surface area contributed by atoms with E-state index in [-0.39, 0.29) is 12.7 Å². The SMILES string of the molecule is CC(C)c1ccc(-n2nc3ccc(NC(=O)c4ccc5c(c4)OCO5)cc3n2)cc1. The van der Waals surface area contributed by atoms with Gasteiger partial charge in [0.05, 0.1) is 5.69 Å². The number of rotatable bonds is 4. The number of hydrogen-bond donors (Lipinski definition) is 1. The lowest BCUT2D eigenvalue weighted by Crippen LogP contribution is -2.11. The van der Waals surface area contributed by atoms with Gasteiger partial charge in [0.1, 0.15) is 11.0 Å². The molecule has 1 aliphatic rings. The van der Waals surface area contributed by atoms with Crippen molar-refractivity contribution < 1.29 is 14.3 Å². The molecule has 1 aliphatic heterocycles. The summed E-state index contributed by atoms with van der Waals surface area (Å²) in [4.78, 5) is 14.2. The van der Waals surface area contributed by atoms with Crippen LogP contribution in [0.1, 0.15) is 35.7 Å². The Kier molecular flexibility index (Phi) is 4.35. The Hall–Kier alpha value is -3.87. The standard InChI is InChI=1S/C23H20N4O3/c1-14(2)15-3-7-18(8-4-15)27-25-19-9-6-17(12-20(19)26-27)24-23(28)16-5-10-21-22(11-16)30-13-29-21/h3-12,14H,13H2,1-2H3,(H,24,28). The predicted molar refractivity (Wildman–Crippen MR) is 113 cm³/mol. The topological polar surface area (TPSA) is 78.3 Å². The quantitative estimate of drug-likeness (QED) is 0.545. The molecule has 4 aromatic rings. The van der Waals surface area contributed by atoms with E-state index in [0.717, 1.165) is 11.2 Å². The molecule has 1 aromatic heterocycles. The van der Waals surface area contributed by atoms with E-state index in [4.69, 9.17) is 9.47 Å². The zero-order valence-corrected chi connectivity index (χ0v) is 16.6. The van der Waals surface area contributed by atoms with E-state index < -0.39 is 0 Å². The fraction of sp³-hybridized carbons (Fsp3) is 0.174. The van der Waals surface area contributed by atoms with Gasteiger partial charge < -0.3 is 14.8 Å². The highest BCUT2D eigenvalue weighted by Gasteiger charge is 2.16. The monoisotopic (exact) mass is 400 g/mol. The molecule has 0 saturated heterocycles. The minimum atomic E-state index is -0.232. The number of anilines is 1. The van der Waals surface area contributed by atoms with Crippen molar-refractivity contribution in [1.29, 1.82) is 0 Å². The minimum Gasteiger partial charge on any atom is -0.454 e. The van der Waals surface area contributed by atoms with Crippen molar-refractivity contribution in [2.75, 3.05) is 12.1 Å². The molecule has 0 bridgehead atoms. The third-order valence-electron chi connectivity index (χ3n) is 5.06. The lowest BCUT2D eigenvalue weighted by Gasteiger charge is -2.06. The summed E-state index contributed by atoms with van der Waals surface area (Å²) in [5.41, 5.74) is 4.75. The molecule has 0 spiro atoms. The minimum absolute atomic E-state index is 0.174. The van der Waals surface area contributed by atoms with Crippen LogP contribution < -0.4 is 14.8 Å². The highest BCUT2D eigenvalue weighted by molar-refractivity contribution is 6.05. The number of hydrogen-bond acceptors (Lipinski definition) is 5. The predicted octanol–water partition coefficient (Wildman–Crippen LogP) is 4.52. The highest BCUT2D eigenvalue weighted by atomic mass is 16.7. The van der Waals surface area contributed by atoms with Crippen LogP contribution in [0.5, 0.6) is 11.5 Å². The Morgan fingerprint density at radius 1 is 0.933 bits per heavy atom. The van der Waals surface area contributed by atoms with E-state index in [1.807, 2.05) is 30.3 Å². The smallest absolute Gasteiger partial charge is 0.255 e. The van der Waals surface area contributed by atoms with Crippen LogP contribution in [0, 0.1) is 0 Å². The van der Waals surface area contributed by atoms with Gasteiger partial charge in [-0.15, -0.1) is 10.2 Å². The van der Waals surface area contributed by atoms with E-state index in [9.17, 15) is 4.79 Å². The molecule has 3 aromatic carbocycles. The number of nitrogens with zero attached hydrogens (tertiary/aromatic N) is 3. The second-order valence-corrected chi connectivity index (χ2v) is 7.46. The van der Waals surface area contributed by atoms with Gasteiger partial charge in [-0.3, -0.25) is 4.79 Å². The van der Waals surface area contributed by atoms with E-state index in [2.05, 4.69) is 41.5 Å². The highest BCUT2D eigenvalue weighted by Crippen LogP contribution is 2.32. The molecule has 1 N–H and O–H groups in total. The Balaban J connectivity index is 1.38. The number of benzene rings is 3. The molecule has 5 rings (SSSR count). The van der Waals surface area contributed by atoms with E-state index in [1.54, 1.807) is 23.0 Å². The Bertz CT molecular complexity index is 1250. The molecule has 150 valence electrons. The number of nitrogens with one attached hydrogen (secondary N) is 1. The molecule has 0 radical (unpaired) electrons. The van der Waals surface area contributed by atoms with Crippen LogP contribution in [0.3, 0.4) is 0 Å². The van der Waals surface area contributed by atoms with Crippen LogP contribution in [-0.2, 0) is 0 Å². The zero-order valence-electron chi connectivity index (χ0n) is 16.6. The Labute approximate surface area is 173 Å². The maximum absolute atomic E-state index is 12.6. The molecule has 0 aliphatic carbocycles. The van der Waals surface area contributed by atoms with Gasteiger partial charge in [0.2, 0.25) is 6.79 Å². The van der Waals surface area contributed by atoms with Gasteiger partial charge in [-0.25, -0.2) is 0 Å². The first-order chi connectivity index (χ1) is 14.6. The fourth-order valence-electron chi connectivity index (χ4n) is 3.34. The number of aromatic nitrogens is 3. The summed E-state index contributed by atoms with van der Waals surface area (Å²) in [6.45, 7) is 4.50. The molecule has 7 nitrogen and oxygen atoms in total. The van der Waals surface area contributed by atoms with Gasteiger partial charge in [-0.2, -0.15) is 4.80 Å². The maximum Gasteiger partial charge on any atom is 0.255 e. The summed E-state index contributed by atoms with van der Waals surface area (Å²) in [7, 11) is 0. The lowest BCUT2D eigenvalue weighted by atomic mass is 10.0.